The summed E-state index contributed by atoms with van der Waals surface area (Å²) in [4.78, 5) is 0. The van der Waals surface area contributed by atoms with Crippen molar-refractivity contribution in [1.82, 2.24) is 0 Å². The Hall–Kier alpha value is -0.330. The molecule has 0 saturated heterocycles. The molecule has 0 aromatic carbocycles. The van der Waals surface area contributed by atoms with Crippen molar-refractivity contribution in [1.29, 1.82) is 0 Å². The van der Waals surface area contributed by atoms with Crippen LogP contribution in [0.2, 0.25) is 0 Å². The second kappa shape index (κ2) is 2.78. The highest BCUT2D eigenvalue weighted by Gasteiger charge is 1.93. The Bertz CT molecular complexity index is 64.6. The molecule has 0 aliphatic heterocycles. The summed E-state index contributed by atoms with van der Waals surface area (Å²) in [7, 11) is 0. The molecule has 0 spiro atoms. The molecule has 0 heterocycles. The van der Waals surface area contributed by atoms with E-state index in [-0.39, 0.29) is 5.83 Å². The quantitative estimate of drug-likeness (QED) is 0.502. The molecule has 0 fully saturated rings. The molecular formula is C6H11F. The number of rotatable bonds is 2. The number of halogens is 1. The van der Waals surface area contributed by atoms with Crippen LogP contribution in [0.5, 0.6) is 0 Å². The summed E-state index contributed by atoms with van der Waals surface area (Å²) in [5, 5.41) is 0. The van der Waals surface area contributed by atoms with E-state index in [1.807, 2.05) is 13.8 Å². The van der Waals surface area contributed by atoms with E-state index >= 15 is 0 Å². The fourth-order valence-corrected chi connectivity index (χ4v) is 0.443. The summed E-state index contributed by atoms with van der Waals surface area (Å²) >= 11 is 0. The Kier molecular flexibility index (Phi) is 2.65. The molecule has 0 aromatic rings. The molecular weight excluding hydrogens is 91.1 g/mol. The largest absolute Gasteiger partial charge is 0.212 e. The third-order valence-corrected chi connectivity index (χ3v) is 0.630. The van der Waals surface area contributed by atoms with Crippen molar-refractivity contribution in [3.8, 4) is 0 Å². The Labute approximate surface area is 44.0 Å². The van der Waals surface area contributed by atoms with Gasteiger partial charge < -0.3 is 0 Å². The maximum atomic E-state index is 11.8. The highest BCUT2D eigenvalue weighted by molar-refractivity contribution is 4.80. The average molecular weight is 102 g/mol. The van der Waals surface area contributed by atoms with Crippen molar-refractivity contribution in [2.24, 2.45) is 5.92 Å². The fourth-order valence-electron chi connectivity index (χ4n) is 0.443. The first-order valence-electron chi connectivity index (χ1n) is 2.46. The molecule has 1 heteroatoms. The van der Waals surface area contributed by atoms with Crippen molar-refractivity contribution in [2.45, 2.75) is 20.3 Å². The zero-order chi connectivity index (χ0) is 5.86. The van der Waals surface area contributed by atoms with Crippen molar-refractivity contribution in [3.05, 3.63) is 12.4 Å². The highest BCUT2D eigenvalue weighted by atomic mass is 19.1. The number of hydrogen-bond acceptors (Lipinski definition) is 0. The molecule has 0 atom stereocenters. The van der Waals surface area contributed by atoms with Crippen LogP contribution in [0.3, 0.4) is 0 Å². The van der Waals surface area contributed by atoms with Crippen molar-refractivity contribution in [3.63, 3.8) is 0 Å². The molecule has 0 aromatic heterocycles. The van der Waals surface area contributed by atoms with Gasteiger partial charge in [0.15, 0.2) is 0 Å². The van der Waals surface area contributed by atoms with Crippen LogP contribution >= 0.6 is 0 Å². The molecule has 0 unspecified atom stereocenters. The summed E-state index contributed by atoms with van der Waals surface area (Å²) in [6.45, 7) is 7.05. The predicted molar refractivity (Wildman–Crippen MR) is 29.7 cm³/mol. The van der Waals surface area contributed by atoms with Crippen molar-refractivity contribution >= 4 is 0 Å². The standard InChI is InChI=1S/C6H11F/c1-5(2)4-6(3)7/h5H,3-4H2,1-2H3. The van der Waals surface area contributed by atoms with E-state index in [0.29, 0.717) is 12.3 Å². The van der Waals surface area contributed by atoms with Crippen LogP contribution in [0.1, 0.15) is 20.3 Å². The van der Waals surface area contributed by atoms with Crippen LogP contribution in [0.25, 0.3) is 0 Å². The van der Waals surface area contributed by atoms with Gasteiger partial charge in [0.05, 0.1) is 5.83 Å². The molecule has 0 N–H and O–H groups in total. The first-order chi connectivity index (χ1) is 3.13. The maximum absolute atomic E-state index is 11.8. The van der Waals surface area contributed by atoms with E-state index in [4.69, 9.17) is 0 Å². The van der Waals surface area contributed by atoms with Gasteiger partial charge in [-0.2, -0.15) is 0 Å². The molecule has 0 bridgehead atoms. The lowest BCUT2D eigenvalue weighted by Gasteiger charge is -1.96. The zero-order valence-corrected chi connectivity index (χ0v) is 4.87. The van der Waals surface area contributed by atoms with Gasteiger partial charge in [-0.3, -0.25) is 0 Å². The van der Waals surface area contributed by atoms with Gasteiger partial charge in [0, 0.05) is 6.42 Å². The number of allylic oxidation sites excluding steroid dienone is 1. The highest BCUT2D eigenvalue weighted by Crippen LogP contribution is 2.07. The van der Waals surface area contributed by atoms with Crippen molar-refractivity contribution < 1.29 is 4.39 Å². The first-order valence-corrected chi connectivity index (χ1v) is 2.46. The molecule has 0 rings (SSSR count). The predicted octanol–water partition coefficient (Wildman–Crippen LogP) is 2.52. The SMILES string of the molecule is C=C(F)CC(C)C. The molecule has 0 nitrogen and oxygen atoms in total. The van der Waals surface area contributed by atoms with Crippen LogP contribution in [-0.2, 0) is 0 Å². The number of hydrogen-bond donors (Lipinski definition) is 0. The summed E-state index contributed by atoms with van der Waals surface area (Å²) in [5.74, 6) is 0.188. The average Bonchev–Trinajstić information content (AvgIpc) is 1.27. The Morgan fingerprint density at radius 2 is 2.14 bits per heavy atom. The second-order valence-electron chi connectivity index (χ2n) is 2.12. The van der Waals surface area contributed by atoms with Gasteiger partial charge in [-0.1, -0.05) is 20.4 Å². The van der Waals surface area contributed by atoms with Crippen LogP contribution < -0.4 is 0 Å². The van der Waals surface area contributed by atoms with E-state index < -0.39 is 0 Å². The zero-order valence-electron chi connectivity index (χ0n) is 4.87. The molecule has 0 aliphatic carbocycles. The van der Waals surface area contributed by atoms with E-state index in [9.17, 15) is 4.39 Å². The van der Waals surface area contributed by atoms with E-state index in [1.54, 1.807) is 0 Å². The molecule has 42 valence electrons. The van der Waals surface area contributed by atoms with Gasteiger partial charge in [-0.05, 0) is 5.92 Å². The second-order valence-corrected chi connectivity index (χ2v) is 2.12. The van der Waals surface area contributed by atoms with Gasteiger partial charge >= 0.3 is 0 Å². The normalized spacial score (nSPS) is 9.71. The van der Waals surface area contributed by atoms with Crippen LogP contribution in [-0.4, -0.2) is 0 Å². The molecule has 0 radical (unpaired) electrons. The first kappa shape index (κ1) is 6.67. The minimum Gasteiger partial charge on any atom is -0.212 e. The molecule has 0 aliphatic rings. The molecule has 7 heavy (non-hydrogen) atoms. The summed E-state index contributed by atoms with van der Waals surface area (Å²) < 4.78 is 11.8. The monoisotopic (exact) mass is 102 g/mol. The summed E-state index contributed by atoms with van der Waals surface area (Å²) in [6, 6.07) is 0. The Balaban J connectivity index is 3.13. The van der Waals surface area contributed by atoms with Crippen LogP contribution in [0.15, 0.2) is 12.4 Å². The lowest BCUT2D eigenvalue weighted by molar-refractivity contribution is 0.519. The Morgan fingerprint density at radius 1 is 1.71 bits per heavy atom. The van der Waals surface area contributed by atoms with E-state index in [1.165, 1.54) is 0 Å². The van der Waals surface area contributed by atoms with Crippen molar-refractivity contribution in [2.75, 3.05) is 0 Å². The van der Waals surface area contributed by atoms with Gasteiger partial charge in [-0.15, -0.1) is 0 Å². The maximum Gasteiger partial charge on any atom is 0.0930 e. The smallest absolute Gasteiger partial charge is 0.0930 e. The van der Waals surface area contributed by atoms with E-state index in [0.717, 1.165) is 0 Å². The van der Waals surface area contributed by atoms with Gasteiger partial charge in [0.2, 0.25) is 0 Å². The third kappa shape index (κ3) is 5.67. The fraction of sp³-hybridized carbons (Fsp3) is 0.667. The van der Waals surface area contributed by atoms with E-state index in [2.05, 4.69) is 6.58 Å². The lowest BCUT2D eigenvalue weighted by atomic mass is 10.1. The minimum atomic E-state index is -0.213. The minimum absolute atomic E-state index is 0.213. The molecule has 0 amide bonds. The summed E-state index contributed by atoms with van der Waals surface area (Å²) in [6.07, 6.45) is 0.500. The third-order valence-electron chi connectivity index (χ3n) is 0.630. The van der Waals surface area contributed by atoms with Gasteiger partial charge in [-0.25, -0.2) is 4.39 Å². The topological polar surface area (TPSA) is 0 Å². The van der Waals surface area contributed by atoms with Gasteiger partial charge in [0.25, 0.3) is 0 Å². The van der Waals surface area contributed by atoms with Gasteiger partial charge in [0.1, 0.15) is 0 Å². The van der Waals surface area contributed by atoms with Crippen LogP contribution in [0, 0.1) is 5.92 Å². The molecule has 0 saturated carbocycles. The Morgan fingerprint density at radius 3 is 2.14 bits per heavy atom. The lowest BCUT2D eigenvalue weighted by Crippen LogP contribution is -1.84. The summed E-state index contributed by atoms with van der Waals surface area (Å²) in [5.41, 5.74) is 0. The van der Waals surface area contributed by atoms with Crippen LogP contribution in [0.4, 0.5) is 4.39 Å².